The number of benzene rings is 3. The molecule has 4 aromatic rings. The average Bonchev–Trinajstić information content (AvgIpc) is 3.09. The van der Waals surface area contributed by atoms with E-state index in [2.05, 4.69) is 15.9 Å². The summed E-state index contributed by atoms with van der Waals surface area (Å²) in [5.74, 6) is 0.680. The highest BCUT2D eigenvalue weighted by atomic mass is 79.9. The fourth-order valence-corrected chi connectivity index (χ4v) is 2.87. The molecule has 0 amide bonds. The molecule has 0 aliphatic heterocycles. The first-order chi connectivity index (χ1) is 11.8. The molecule has 0 saturated carbocycles. The molecule has 0 fully saturated rings. The monoisotopic (exact) mass is 377 g/mol. The van der Waals surface area contributed by atoms with Gasteiger partial charge in [0.2, 0.25) is 0 Å². The van der Waals surface area contributed by atoms with Crippen LogP contribution >= 0.6 is 15.9 Å². The first-order valence-corrected chi connectivity index (χ1v) is 8.37. The maximum atomic E-state index is 4.72. The number of hydrogen-bond donors (Lipinski definition) is 0. The van der Waals surface area contributed by atoms with E-state index in [1.807, 2.05) is 94.5 Å². The van der Waals surface area contributed by atoms with Gasteiger partial charge in [-0.05, 0) is 52.4 Å². The second kappa shape index (κ2) is 6.37. The van der Waals surface area contributed by atoms with E-state index in [4.69, 9.17) is 10.2 Å². The summed E-state index contributed by atoms with van der Waals surface area (Å²) in [5.41, 5.74) is 2.87. The molecule has 4 nitrogen and oxygen atoms in total. The Kier molecular flexibility index (Phi) is 3.92. The summed E-state index contributed by atoms with van der Waals surface area (Å²) in [6.07, 6.45) is 0. The Morgan fingerprint density at radius 3 is 2.21 bits per heavy atom. The molecule has 24 heavy (non-hydrogen) atoms. The molecule has 0 atom stereocenters. The fraction of sp³-hybridized carbons (Fsp3) is 0. The van der Waals surface area contributed by atoms with Gasteiger partial charge in [-0.2, -0.15) is 0 Å². The summed E-state index contributed by atoms with van der Waals surface area (Å²) >= 11 is 3.52. The SMILES string of the molecule is Brc1cccc(-n2nc(-c3ccccc3)n[n+]2-c2ccccc2)c1. The van der Waals surface area contributed by atoms with Crippen molar-refractivity contribution in [1.82, 2.24) is 15.0 Å². The molecule has 116 valence electrons. The van der Waals surface area contributed by atoms with Gasteiger partial charge in [0.1, 0.15) is 5.69 Å². The van der Waals surface area contributed by atoms with E-state index >= 15 is 0 Å². The van der Waals surface area contributed by atoms with Crippen molar-refractivity contribution in [3.63, 3.8) is 0 Å². The molecule has 0 N–H and O–H groups in total. The molecule has 0 unspecified atom stereocenters. The molecule has 1 heterocycles. The van der Waals surface area contributed by atoms with Crippen molar-refractivity contribution in [2.75, 3.05) is 0 Å². The van der Waals surface area contributed by atoms with Crippen LogP contribution in [0.4, 0.5) is 0 Å². The summed E-state index contributed by atoms with van der Waals surface area (Å²) in [4.78, 5) is 3.62. The Morgan fingerprint density at radius 1 is 0.792 bits per heavy atom. The molecule has 0 aliphatic rings. The third-order valence-electron chi connectivity index (χ3n) is 3.62. The van der Waals surface area contributed by atoms with Gasteiger partial charge in [0.25, 0.3) is 0 Å². The van der Waals surface area contributed by atoms with E-state index in [0.717, 1.165) is 21.4 Å². The summed E-state index contributed by atoms with van der Waals surface area (Å²) in [5, 5.41) is 9.43. The predicted octanol–water partition coefficient (Wildman–Crippen LogP) is 3.97. The van der Waals surface area contributed by atoms with Gasteiger partial charge in [-0.15, -0.1) is 0 Å². The lowest BCUT2D eigenvalue weighted by atomic mass is 10.2. The van der Waals surface area contributed by atoms with Gasteiger partial charge in [0.05, 0.1) is 10.7 Å². The van der Waals surface area contributed by atoms with Gasteiger partial charge in [-0.1, -0.05) is 58.4 Å². The maximum absolute atomic E-state index is 4.72. The Labute approximate surface area is 148 Å². The normalized spacial score (nSPS) is 10.7. The van der Waals surface area contributed by atoms with Crippen molar-refractivity contribution < 1.29 is 4.80 Å². The molecular formula is C19H14BrN4+. The van der Waals surface area contributed by atoms with Crippen LogP contribution in [-0.4, -0.2) is 15.0 Å². The van der Waals surface area contributed by atoms with Crippen LogP contribution in [0.1, 0.15) is 0 Å². The Hall–Kier alpha value is -2.79. The number of halogens is 1. The summed E-state index contributed by atoms with van der Waals surface area (Å²) < 4.78 is 0.997. The average molecular weight is 378 g/mol. The zero-order chi connectivity index (χ0) is 16.4. The van der Waals surface area contributed by atoms with Crippen LogP contribution in [-0.2, 0) is 0 Å². The molecule has 0 aliphatic carbocycles. The second-order valence-corrected chi connectivity index (χ2v) is 6.20. The van der Waals surface area contributed by atoms with Crippen LogP contribution in [0.2, 0.25) is 0 Å². The van der Waals surface area contributed by atoms with Gasteiger partial charge in [0.15, 0.2) is 5.69 Å². The largest absolute Gasteiger partial charge is 0.340 e. The molecule has 0 saturated heterocycles. The molecule has 3 aromatic carbocycles. The highest BCUT2D eigenvalue weighted by Gasteiger charge is 2.23. The topological polar surface area (TPSA) is 34.6 Å². The van der Waals surface area contributed by atoms with Crippen LogP contribution in [0, 0.1) is 0 Å². The molecule has 0 radical (unpaired) electrons. The van der Waals surface area contributed by atoms with Crippen LogP contribution in [0.5, 0.6) is 0 Å². The lowest BCUT2D eigenvalue weighted by molar-refractivity contribution is -0.734. The number of aromatic nitrogens is 4. The van der Waals surface area contributed by atoms with E-state index in [1.165, 1.54) is 0 Å². The molecule has 4 rings (SSSR count). The fourth-order valence-electron chi connectivity index (χ4n) is 2.48. The second-order valence-electron chi connectivity index (χ2n) is 5.28. The third kappa shape index (κ3) is 2.86. The van der Waals surface area contributed by atoms with Crippen molar-refractivity contribution in [3.8, 4) is 22.8 Å². The lowest BCUT2D eigenvalue weighted by Crippen LogP contribution is -2.43. The summed E-state index contributed by atoms with van der Waals surface area (Å²) in [6.45, 7) is 0. The van der Waals surface area contributed by atoms with E-state index in [0.29, 0.717) is 5.82 Å². The smallest absolute Gasteiger partial charge is 0.0622 e. The number of tetrazole rings is 1. The Balaban J connectivity index is 1.92. The van der Waals surface area contributed by atoms with Crippen molar-refractivity contribution in [2.24, 2.45) is 0 Å². The Bertz CT molecular complexity index is 965. The zero-order valence-electron chi connectivity index (χ0n) is 12.7. The van der Waals surface area contributed by atoms with E-state index < -0.39 is 0 Å². The Morgan fingerprint density at radius 2 is 1.50 bits per heavy atom. The van der Waals surface area contributed by atoms with E-state index in [-0.39, 0.29) is 0 Å². The van der Waals surface area contributed by atoms with Gasteiger partial charge in [-0.25, -0.2) is 0 Å². The van der Waals surface area contributed by atoms with Crippen molar-refractivity contribution >= 4 is 15.9 Å². The zero-order valence-corrected chi connectivity index (χ0v) is 14.3. The first-order valence-electron chi connectivity index (χ1n) is 7.58. The minimum atomic E-state index is 0.680. The minimum Gasteiger partial charge on any atom is -0.0622 e. The van der Waals surface area contributed by atoms with Crippen molar-refractivity contribution in [3.05, 3.63) is 89.4 Å². The third-order valence-corrected chi connectivity index (χ3v) is 4.11. The summed E-state index contributed by atoms with van der Waals surface area (Å²) in [6, 6.07) is 28.0. The van der Waals surface area contributed by atoms with Crippen molar-refractivity contribution in [1.29, 1.82) is 0 Å². The molecule has 1 aromatic heterocycles. The van der Waals surface area contributed by atoms with Gasteiger partial charge >= 0.3 is 5.82 Å². The minimum absolute atomic E-state index is 0.680. The standard InChI is InChI=1S/C19H14BrN4/c20-16-10-7-13-18(14-16)24-22-19(15-8-3-1-4-9-15)21-23(24)17-11-5-2-6-12-17/h1-14H/q+1. The first kappa shape index (κ1) is 14.8. The van der Waals surface area contributed by atoms with Crippen molar-refractivity contribution in [2.45, 2.75) is 0 Å². The van der Waals surface area contributed by atoms with Crippen LogP contribution in [0.15, 0.2) is 89.4 Å². The van der Waals surface area contributed by atoms with E-state index in [1.54, 1.807) is 0 Å². The summed E-state index contributed by atoms with van der Waals surface area (Å²) in [7, 11) is 0. The quantitative estimate of drug-likeness (QED) is 0.506. The highest BCUT2D eigenvalue weighted by molar-refractivity contribution is 9.10. The molecule has 0 bridgehead atoms. The lowest BCUT2D eigenvalue weighted by Gasteiger charge is -1.99. The molecule has 5 heteroatoms. The van der Waals surface area contributed by atoms with E-state index in [9.17, 15) is 0 Å². The van der Waals surface area contributed by atoms with Gasteiger partial charge in [0, 0.05) is 9.27 Å². The van der Waals surface area contributed by atoms with Crippen LogP contribution in [0.25, 0.3) is 22.8 Å². The molecule has 0 spiro atoms. The van der Waals surface area contributed by atoms with Gasteiger partial charge < -0.3 is 0 Å². The van der Waals surface area contributed by atoms with Gasteiger partial charge in [-0.3, -0.25) is 0 Å². The highest BCUT2D eigenvalue weighted by Crippen LogP contribution is 2.17. The maximum Gasteiger partial charge on any atom is 0.340 e. The number of para-hydroxylation sites is 1. The molecular weight excluding hydrogens is 364 g/mol. The number of rotatable bonds is 3. The van der Waals surface area contributed by atoms with Crippen LogP contribution < -0.4 is 4.80 Å². The van der Waals surface area contributed by atoms with Crippen LogP contribution in [0.3, 0.4) is 0 Å². The number of nitrogens with zero attached hydrogens (tertiary/aromatic N) is 4. The number of hydrogen-bond acceptors (Lipinski definition) is 2. The predicted molar refractivity (Wildman–Crippen MR) is 96.0 cm³/mol.